The van der Waals surface area contributed by atoms with Crippen LogP contribution in [0.1, 0.15) is 77.6 Å². The average Bonchev–Trinajstić information content (AvgIpc) is 2.52. The molecule has 0 bridgehead atoms. The highest BCUT2D eigenvalue weighted by atomic mass is 35.5. The van der Waals surface area contributed by atoms with Crippen molar-refractivity contribution < 1.29 is 9.47 Å². The van der Waals surface area contributed by atoms with Crippen LogP contribution in [-0.2, 0) is 9.47 Å². The minimum Gasteiger partial charge on any atom is -0.380 e. The third-order valence-corrected chi connectivity index (χ3v) is 4.20. The summed E-state index contributed by atoms with van der Waals surface area (Å²) in [7, 11) is 0. The molecule has 0 aromatic rings. The maximum Gasteiger partial charge on any atom is 0.110 e. The van der Waals surface area contributed by atoms with E-state index in [-0.39, 0.29) is 10.9 Å². The van der Waals surface area contributed by atoms with E-state index < -0.39 is 0 Å². The number of hydrogen-bond acceptors (Lipinski definition) is 3. The summed E-state index contributed by atoms with van der Waals surface area (Å²) < 4.78 is 11.3. The highest BCUT2D eigenvalue weighted by molar-refractivity contribution is 6.44. The van der Waals surface area contributed by atoms with Gasteiger partial charge in [0, 0.05) is 19.6 Å². The van der Waals surface area contributed by atoms with E-state index >= 15 is 0 Å². The van der Waals surface area contributed by atoms with Crippen LogP contribution < -0.4 is 0 Å². The fourth-order valence-electron chi connectivity index (χ4n) is 2.40. The fourth-order valence-corrected chi connectivity index (χ4v) is 2.58. The zero-order chi connectivity index (χ0) is 17.2. The van der Waals surface area contributed by atoms with Crippen LogP contribution >= 0.6 is 23.2 Å². The quantitative estimate of drug-likeness (QED) is 0.233. The Hall–Kier alpha value is -0.0100. The van der Waals surface area contributed by atoms with E-state index in [2.05, 4.69) is 13.0 Å². The summed E-state index contributed by atoms with van der Waals surface area (Å²) in [4.78, 5) is -0.360. The van der Waals surface area contributed by atoms with Gasteiger partial charge in [-0.25, -0.2) is 0 Å². The van der Waals surface area contributed by atoms with Crippen molar-refractivity contribution in [2.75, 3.05) is 19.8 Å². The van der Waals surface area contributed by atoms with Crippen LogP contribution in [0.4, 0.5) is 0 Å². The number of rotatable bonds is 17. The molecule has 3 nitrogen and oxygen atoms in total. The SMILES string of the molecule is CCCCCCCCCC(CCOCCC#N)OCCC(Cl)Cl. The van der Waals surface area contributed by atoms with Gasteiger partial charge in [-0.1, -0.05) is 51.9 Å². The average molecular weight is 366 g/mol. The lowest BCUT2D eigenvalue weighted by Gasteiger charge is -2.18. The lowest BCUT2D eigenvalue weighted by Crippen LogP contribution is -2.17. The normalized spacial score (nSPS) is 12.5. The Balaban J connectivity index is 3.76. The van der Waals surface area contributed by atoms with Gasteiger partial charge in [-0.2, -0.15) is 5.26 Å². The summed E-state index contributed by atoms with van der Waals surface area (Å²) in [5.41, 5.74) is 0. The second-order valence-electron chi connectivity index (χ2n) is 5.89. The highest BCUT2D eigenvalue weighted by Crippen LogP contribution is 2.15. The van der Waals surface area contributed by atoms with E-state index in [1.165, 1.54) is 44.9 Å². The molecule has 5 heteroatoms. The molecule has 0 amide bonds. The Morgan fingerprint density at radius 2 is 1.57 bits per heavy atom. The largest absolute Gasteiger partial charge is 0.380 e. The van der Waals surface area contributed by atoms with Gasteiger partial charge >= 0.3 is 0 Å². The molecule has 0 N–H and O–H groups in total. The molecule has 0 radical (unpaired) electrons. The molecule has 0 rings (SSSR count). The number of nitriles is 1. The summed E-state index contributed by atoms with van der Waals surface area (Å²) in [6.07, 6.45) is 12.4. The van der Waals surface area contributed by atoms with E-state index in [0.717, 1.165) is 12.8 Å². The van der Waals surface area contributed by atoms with Crippen LogP contribution in [0.25, 0.3) is 0 Å². The Morgan fingerprint density at radius 1 is 0.870 bits per heavy atom. The zero-order valence-corrected chi connectivity index (χ0v) is 16.1. The summed E-state index contributed by atoms with van der Waals surface area (Å²) in [5, 5.41) is 8.48. The van der Waals surface area contributed by atoms with Gasteiger partial charge in [-0.3, -0.25) is 0 Å². The van der Waals surface area contributed by atoms with Gasteiger partial charge in [0.1, 0.15) is 4.84 Å². The maximum atomic E-state index is 8.48. The predicted octanol–water partition coefficient (Wildman–Crippen LogP) is 6.03. The van der Waals surface area contributed by atoms with E-state index in [1.807, 2.05) is 0 Å². The lowest BCUT2D eigenvalue weighted by molar-refractivity contribution is 0.0160. The molecule has 0 fully saturated rings. The number of ether oxygens (including phenoxy) is 2. The molecule has 0 aliphatic rings. The maximum absolute atomic E-state index is 8.48. The topological polar surface area (TPSA) is 42.2 Å². The molecular formula is C18H33Cl2NO2. The van der Waals surface area contributed by atoms with Crippen LogP contribution in [0.3, 0.4) is 0 Å². The van der Waals surface area contributed by atoms with Gasteiger partial charge in [0.2, 0.25) is 0 Å². The predicted molar refractivity (Wildman–Crippen MR) is 98.1 cm³/mol. The van der Waals surface area contributed by atoms with Crippen molar-refractivity contribution in [1.82, 2.24) is 0 Å². The van der Waals surface area contributed by atoms with Crippen LogP contribution in [0.15, 0.2) is 0 Å². The summed E-state index contributed by atoms with van der Waals surface area (Å²) in [5.74, 6) is 0. The fraction of sp³-hybridized carbons (Fsp3) is 0.944. The van der Waals surface area contributed by atoms with Crippen molar-refractivity contribution in [3.63, 3.8) is 0 Å². The van der Waals surface area contributed by atoms with E-state index in [1.54, 1.807) is 0 Å². The van der Waals surface area contributed by atoms with E-state index in [9.17, 15) is 0 Å². The van der Waals surface area contributed by atoms with Crippen molar-refractivity contribution >= 4 is 23.2 Å². The van der Waals surface area contributed by atoms with Crippen LogP contribution in [0.5, 0.6) is 0 Å². The molecular weight excluding hydrogens is 333 g/mol. The molecule has 0 saturated carbocycles. The van der Waals surface area contributed by atoms with Crippen LogP contribution in [-0.4, -0.2) is 30.8 Å². The van der Waals surface area contributed by atoms with E-state index in [0.29, 0.717) is 32.7 Å². The number of nitrogens with zero attached hydrogens (tertiary/aromatic N) is 1. The van der Waals surface area contributed by atoms with Gasteiger partial charge in [-0.15, -0.1) is 23.2 Å². The van der Waals surface area contributed by atoms with Gasteiger partial charge in [0.25, 0.3) is 0 Å². The van der Waals surface area contributed by atoms with Gasteiger partial charge in [0.15, 0.2) is 0 Å². The van der Waals surface area contributed by atoms with Crippen molar-refractivity contribution in [1.29, 1.82) is 5.26 Å². The minimum absolute atomic E-state index is 0.208. The molecule has 0 aliphatic carbocycles. The Morgan fingerprint density at radius 3 is 2.22 bits per heavy atom. The van der Waals surface area contributed by atoms with Gasteiger partial charge < -0.3 is 9.47 Å². The standard InChI is InChI=1S/C18H33Cl2NO2/c1-2-3-4-5-6-7-8-10-17(23-16-12-18(19)20)11-15-22-14-9-13-21/h17-18H,2-12,14-16H2,1H3. The Labute approximate surface area is 152 Å². The van der Waals surface area contributed by atoms with Gasteiger partial charge in [-0.05, 0) is 12.8 Å². The smallest absolute Gasteiger partial charge is 0.110 e. The number of alkyl halides is 2. The van der Waals surface area contributed by atoms with Gasteiger partial charge in [0.05, 0.1) is 25.2 Å². The third-order valence-electron chi connectivity index (χ3n) is 3.76. The molecule has 1 unspecified atom stereocenters. The molecule has 0 heterocycles. The number of halogens is 2. The summed E-state index contributed by atoms with van der Waals surface area (Å²) >= 11 is 11.5. The van der Waals surface area contributed by atoms with Crippen molar-refractivity contribution in [3.05, 3.63) is 0 Å². The van der Waals surface area contributed by atoms with Crippen LogP contribution in [0.2, 0.25) is 0 Å². The van der Waals surface area contributed by atoms with E-state index in [4.69, 9.17) is 37.9 Å². The summed E-state index contributed by atoms with van der Waals surface area (Å²) in [6, 6.07) is 2.08. The lowest BCUT2D eigenvalue weighted by atomic mass is 10.0. The first-order valence-corrected chi connectivity index (χ1v) is 9.92. The monoisotopic (exact) mass is 365 g/mol. The third kappa shape index (κ3) is 18.2. The number of unbranched alkanes of at least 4 members (excludes halogenated alkanes) is 6. The molecule has 0 aromatic carbocycles. The first-order chi connectivity index (χ1) is 11.2. The second-order valence-corrected chi connectivity index (χ2v) is 7.17. The molecule has 1 atom stereocenters. The highest BCUT2D eigenvalue weighted by Gasteiger charge is 2.10. The van der Waals surface area contributed by atoms with Crippen molar-refractivity contribution in [2.24, 2.45) is 0 Å². The zero-order valence-electron chi connectivity index (χ0n) is 14.6. The Bertz CT molecular complexity index is 283. The molecule has 0 aliphatic heterocycles. The first kappa shape index (κ1) is 23.0. The second kappa shape index (κ2) is 18.3. The van der Waals surface area contributed by atoms with Crippen molar-refractivity contribution in [2.45, 2.75) is 88.5 Å². The Kier molecular flexibility index (Phi) is 18.3. The molecule has 0 saturated heterocycles. The molecule has 0 spiro atoms. The molecule has 23 heavy (non-hydrogen) atoms. The molecule has 136 valence electrons. The number of hydrogen-bond donors (Lipinski definition) is 0. The first-order valence-electron chi connectivity index (χ1n) is 9.05. The summed E-state index contributed by atoms with van der Waals surface area (Å²) in [6.45, 7) is 3.99. The van der Waals surface area contributed by atoms with Crippen molar-refractivity contribution in [3.8, 4) is 6.07 Å². The minimum atomic E-state index is -0.360. The molecule has 0 aromatic heterocycles. The van der Waals surface area contributed by atoms with Crippen LogP contribution in [0, 0.1) is 11.3 Å².